The first-order chi connectivity index (χ1) is 16.8. The summed E-state index contributed by atoms with van der Waals surface area (Å²) in [5, 5.41) is 3.56. The van der Waals surface area contributed by atoms with E-state index in [0.717, 1.165) is 28.3 Å². The maximum absolute atomic E-state index is 14.8. The minimum absolute atomic E-state index is 0.0268. The molecular weight excluding hydrogens is 461 g/mol. The Balaban J connectivity index is 1.88. The van der Waals surface area contributed by atoms with Gasteiger partial charge in [0.05, 0.1) is 5.69 Å². The SMILES string of the molecule is C=C(C)CNC(=O)c1ccc(CN(C(C)=N/C(=C\C)C2CC=CC=C2Cl)c2ccccc2F)cc1. The van der Waals surface area contributed by atoms with Gasteiger partial charge in [-0.2, -0.15) is 0 Å². The van der Waals surface area contributed by atoms with E-state index in [0.29, 0.717) is 30.2 Å². The highest BCUT2D eigenvalue weighted by Crippen LogP contribution is 2.32. The molecule has 0 aliphatic heterocycles. The molecule has 1 unspecified atom stereocenters. The van der Waals surface area contributed by atoms with Crippen molar-refractivity contribution in [2.24, 2.45) is 10.9 Å². The molecule has 3 rings (SSSR count). The van der Waals surface area contributed by atoms with Gasteiger partial charge in [0.1, 0.15) is 11.7 Å². The first kappa shape index (κ1) is 26.2. The van der Waals surface area contributed by atoms with E-state index in [2.05, 4.69) is 18.0 Å². The number of nitrogens with zero attached hydrogens (tertiary/aromatic N) is 2. The maximum Gasteiger partial charge on any atom is 0.251 e. The lowest BCUT2D eigenvalue weighted by atomic mass is 9.96. The molecule has 0 bridgehead atoms. The van der Waals surface area contributed by atoms with Crippen LogP contribution in [0.3, 0.4) is 0 Å². The minimum atomic E-state index is -0.335. The summed E-state index contributed by atoms with van der Waals surface area (Å²) in [6, 6.07) is 13.9. The molecule has 0 fully saturated rings. The molecular formula is C29H31ClFN3O. The number of halogens is 2. The van der Waals surface area contributed by atoms with Crippen molar-refractivity contribution < 1.29 is 9.18 Å². The predicted octanol–water partition coefficient (Wildman–Crippen LogP) is 7.16. The molecule has 0 radical (unpaired) electrons. The molecule has 1 N–H and O–H groups in total. The zero-order valence-electron chi connectivity index (χ0n) is 20.4. The maximum atomic E-state index is 14.8. The summed E-state index contributed by atoms with van der Waals surface area (Å²) in [7, 11) is 0. The van der Waals surface area contributed by atoms with Crippen LogP contribution < -0.4 is 10.2 Å². The van der Waals surface area contributed by atoms with Gasteiger partial charge in [-0.1, -0.05) is 66.2 Å². The number of hydrogen-bond donors (Lipinski definition) is 1. The van der Waals surface area contributed by atoms with E-state index in [1.54, 1.807) is 30.3 Å². The van der Waals surface area contributed by atoms with Gasteiger partial charge in [0.15, 0.2) is 0 Å². The third kappa shape index (κ3) is 7.03. The molecule has 1 aliphatic carbocycles. The molecule has 182 valence electrons. The van der Waals surface area contributed by atoms with Crippen LogP contribution in [0.5, 0.6) is 0 Å². The zero-order valence-corrected chi connectivity index (χ0v) is 21.1. The van der Waals surface area contributed by atoms with Crippen molar-refractivity contribution in [3.63, 3.8) is 0 Å². The summed E-state index contributed by atoms with van der Waals surface area (Å²) < 4.78 is 14.8. The topological polar surface area (TPSA) is 44.7 Å². The van der Waals surface area contributed by atoms with Crippen LogP contribution in [0, 0.1) is 11.7 Å². The molecule has 2 aromatic carbocycles. The number of allylic oxidation sites excluding steroid dienone is 5. The number of amides is 1. The molecule has 0 saturated heterocycles. The van der Waals surface area contributed by atoms with E-state index >= 15 is 0 Å². The highest BCUT2D eigenvalue weighted by Gasteiger charge is 2.20. The first-order valence-electron chi connectivity index (χ1n) is 11.6. The number of carbonyl (C=O) groups is 1. The molecule has 0 spiro atoms. The van der Waals surface area contributed by atoms with Gasteiger partial charge in [0.2, 0.25) is 0 Å². The third-order valence-corrected chi connectivity index (χ3v) is 6.07. The van der Waals surface area contributed by atoms with Gasteiger partial charge >= 0.3 is 0 Å². The fourth-order valence-electron chi connectivity index (χ4n) is 3.78. The van der Waals surface area contributed by atoms with Crippen LogP contribution in [-0.2, 0) is 6.54 Å². The summed E-state index contributed by atoms with van der Waals surface area (Å²) in [5.74, 6) is 0.123. The molecule has 1 amide bonds. The Morgan fingerprint density at radius 3 is 2.57 bits per heavy atom. The number of anilines is 1. The van der Waals surface area contributed by atoms with E-state index < -0.39 is 0 Å². The fourth-order valence-corrected chi connectivity index (χ4v) is 4.05. The molecule has 2 aromatic rings. The second-order valence-electron chi connectivity index (χ2n) is 8.51. The number of aliphatic imine (C=N–C) groups is 1. The van der Waals surface area contributed by atoms with Crippen molar-refractivity contribution >= 4 is 29.0 Å². The summed E-state index contributed by atoms with van der Waals surface area (Å²) in [4.78, 5) is 19.0. The monoisotopic (exact) mass is 491 g/mol. The number of amidine groups is 1. The van der Waals surface area contributed by atoms with Crippen LogP contribution in [-0.4, -0.2) is 18.3 Å². The normalized spacial score (nSPS) is 16.0. The molecule has 0 saturated carbocycles. The third-order valence-electron chi connectivity index (χ3n) is 5.68. The zero-order chi connectivity index (χ0) is 25.4. The second-order valence-corrected chi connectivity index (χ2v) is 8.95. The molecule has 1 atom stereocenters. The van der Waals surface area contributed by atoms with Crippen LogP contribution in [0.25, 0.3) is 0 Å². The molecule has 0 aromatic heterocycles. The Bertz CT molecular complexity index is 1190. The summed E-state index contributed by atoms with van der Waals surface area (Å²) in [5.41, 5.74) is 3.61. The smallest absolute Gasteiger partial charge is 0.251 e. The van der Waals surface area contributed by atoms with Crippen molar-refractivity contribution in [2.75, 3.05) is 11.4 Å². The van der Waals surface area contributed by atoms with E-state index in [1.807, 2.05) is 56.0 Å². The largest absolute Gasteiger partial charge is 0.348 e. The van der Waals surface area contributed by atoms with Crippen molar-refractivity contribution in [3.05, 3.63) is 113 Å². The predicted molar refractivity (Wildman–Crippen MR) is 144 cm³/mol. The minimum Gasteiger partial charge on any atom is -0.348 e. The summed E-state index contributed by atoms with van der Waals surface area (Å²) in [6.45, 7) is 10.3. The van der Waals surface area contributed by atoms with E-state index in [9.17, 15) is 9.18 Å². The number of para-hydroxylation sites is 1. The highest BCUT2D eigenvalue weighted by molar-refractivity contribution is 6.30. The average molecular weight is 492 g/mol. The van der Waals surface area contributed by atoms with Crippen LogP contribution in [0.1, 0.15) is 43.1 Å². The van der Waals surface area contributed by atoms with Gasteiger partial charge in [-0.25, -0.2) is 9.38 Å². The van der Waals surface area contributed by atoms with Crippen LogP contribution in [0.15, 0.2) is 101 Å². The second kappa shape index (κ2) is 12.3. The van der Waals surface area contributed by atoms with Gasteiger partial charge in [-0.3, -0.25) is 4.79 Å². The Kier molecular flexibility index (Phi) is 9.21. The van der Waals surface area contributed by atoms with Gasteiger partial charge in [0, 0.05) is 35.3 Å². The summed E-state index contributed by atoms with van der Waals surface area (Å²) in [6.07, 6.45) is 8.60. The lowest BCUT2D eigenvalue weighted by molar-refractivity contribution is 0.0957. The standard InChI is InChI=1S/C29H31ClFN3O/c1-5-27(24-10-6-7-11-25(24)30)33-21(4)34(28-13-9-8-12-26(28)31)19-22-14-16-23(17-15-22)29(35)32-18-20(2)3/h5-9,11-17,24H,2,10,18-19H2,1,3-4H3,(H,32,35)/b27-5-,33-21?. The van der Waals surface area contributed by atoms with Crippen LogP contribution in [0.4, 0.5) is 10.1 Å². The van der Waals surface area contributed by atoms with Gasteiger partial charge in [0.25, 0.3) is 5.91 Å². The molecule has 4 nitrogen and oxygen atoms in total. The van der Waals surface area contributed by atoms with Crippen LogP contribution in [0.2, 0.25) is 0 Å². The van der Waals surface area contributed by atoms with Crippen molar-refractivity contribution in [3.8, 4) is 0 Å². The average Bonchev–Trinajstić information content (AvgIpc) is 2.85. The van der Waals surface area contributed by atoms with Crippen molar-refractivity contribution in [1.82, 2.24) is 5.32 Å². The number of nitrogens with one attached hydrogen (secondary N) is 1. The van der Waals surface area contributed by atoms with Gasteiger partial charge in [-0.05, 0) is 63.1 Å². The lowest BCUT2D eigenvalue weighted by Gasteiger charge is -2.27. The van der Waals surface area contributed by atoms with E-state index in [4.69, 9.17) is 16.6 Å². The Morgan fingerprint density at radius 1 is 1.23 bits per heavy atom. The Morgan fingerprint density at radius 2 is 1.94 bits per heavy atom. The first-order valence-corrected chi connectivity index (χ1v) is 11.9. The Hall–Kier alpha value is -3.44. The number of hydrogen-bond acceptors (Lipinski definition) is 2. The van der Waals surface area contributed by atoms with E-state index in [-0.39, 0.29) is 17.6 Å². The molecule has 35 heavy (non-hydrogen) atoms. The highest BCUT2D eigenvalue weighted by atomic mass is 35.5. The molecule has 1 aliphatic rings. The fraction of sp³-hybridized carbons (Fsp3) is 0.241. The summed E-state index contributed by atoms with van der Waals surface area (Å²) >= 11 is 6.46. The number of carbonyl (C=O) groups excluding carboxylic acids is 1. The number of rotatable bonds is 8. The van der Waals surface area contributed by atoms with Crippen molar-refractivity contribution in [1.29, 1.82) is 0 Å². The van der Waals surface area contributed by atoms with Gasteiger partial charge in [-0.15, -0.1) is 0 Å². The Labute approximate surface area is 212 Å². The van der Waals surface area contributed by atoms with Gasteiger partial charge < -0.3 is 10.2 Å². The number of benzene rings is 2. The molecule has 6 heteroatoms. The molecule has 0 heterocycles. The lowest BCUT2D eigenvalue weighted by Crippen LogP contribution is -2.29. The quantitative estimate of drug-likeness (QED) is 0.242. The van der Waals surface area contributed by atoms with Crippen LogP contribution >= 0.6 is 11.6 Å². The van der Waals surface area contributed by atoms with E-state index in [1.165, 1.54) is 6.07 Å². The van der Waals surface area contributed by atoms with Crippen molar-refractivity contribution in [2.45, 2.75) is 33.7 Å².